The number of hydrogen-bond donors (Lipinski definition) is 1. The fourth-order valence-corrected chi connectivity index (χ4v) is 1.69. The molecule has 0 radical (unpaired) electrons. The number of aromatic nitrogens is 2. The van der Waals surface area contributed by atoms with E-state index in [9.17, 15) is 9.59 Å². The number of esters is 1. The van der Waals surface area contributed by atoms with E-state index >= 15 is 0 Å². The fourth-order valence-electron chi connectivity index (χ4n) is 1.49. The van der Waals surface area contributed by atoms with Crippen LogP contribution < -0.4 is 5.32 Å². The summed E-state index contributed by atoms with van der Waals surface area (Å²) < 4.78 is 5.06. The molecule has 0 saturated heterocycles. The van der Waals surface area contributed by atoms with Gasteiger partial charge in [0.1, 0.15) is 5.15 Å². The molecule has 2 aromatic heterocycles. The number of nitrogens with zero attached hydrogens (tertiary/aromatic N) is 2. The highest BCUT2D eigenvalue weighted by atomic mass is 35.5. The molecule has 0 aliphatic rings. The molecule has 6 nitrogen and oxygen atoms in total. The number of halogens is 1. The lowest BCUT2D eigenvalue weighted by atomic mass is 10.3. The zero-order chi connectivity index (χ0) is 15.2. The highest BCUT2D eigenvalue weighted by molar-refractivity contribution is 6.32. The molecule has 0 aliphatic carbocycles. The van der Waals surface area contributed by atoms with Crippen molar-refractivity contribution >= 4 is 29.2 Å². The Hall–Kier alpha value is -2.47. The van der Waals surface area contributed by atoms with Crippen LogP contribution in [-0.4, -0.2) is 27.9 Å². The maximum atomic E-state index is 11.9. The standard InChI is InChI=1S/C14H12ClN3O3/c1-9(13(19)18-10-4-7-16-8-5-10)21-14(20)11-3-2-6-17-12(11)15/h2-9H,1H3,(H,16,18,19). The molecule has 21 heavy (non-hydrogen) atoms. The Bertz CT molecular complexity index is 649. The Morgan fingerprint density at radius 1 is 1.24 bits per heavy atom. The highest BCUT2D eigenvalue weighted by Gasteiger charge is 2.20. The number of amides is 1. The van der Waals surface area contributed by atoms with Crippen LogP contribution in [0, 0.1) is 0 Å². The zero-order valence-corrected chi connectivity index (χ0v) is 11.9. The van der Waals surface area contributed by atoms with Crippen molar-refractivity contribution in [2.45, 2.75) is 13.0 Å². The van der Waals surface area contributed by atoms with Gasteiger partial charge in [0, 0.05) is 24.3 Å². The summed E-state index contributed by atoms with van der Waals surface area (Å²) >= 11 is 5.79. The minimum atomic E-state index is -0.970. The maximum absolute atomic E-state index is 11.9. The van der Waals surface area contributed by atoms with Gasteiger partial charge >= 0.3 is 5.97 Å². The maximum Gasteiger partial charge on any atom is 0.342 e. The van der Waals surface area contributed by atoms with E-state index in [1.807, 2.05) is 0 Å². The van der Waals surface area contributed by atoms with E-state index in [4.69, 9.17) is 16.3 Å². The van der Waals surface area contributed by atoms with Crippen LogP contribution in [0.15, 0.2) is 42.9 Å². The lowest BCUT2D eigenvalue weighted by Crippen LogP contribution is -2.30. The molecule has 2 aromatic rings. The second-order valence-electron chi connectivity index (χ2n) is 4.11. The van der Waals surface area contributed by atoms with Crippen LogP contribution >= 0.6 is 11.6 Å². The van der Waals surface area contributed by atoms with Crippen molar-refractivity contribution in [3.8, 4) is 0 Å². The first-order chi connectivity index (χ1) is 10.1. The predicted molar refractivity (Wildman–Crippen MR) is 77.0 cm³/mol. The predicted octanol–water partition coefficient (Wildman–Crippen LogP) is 2.31. The van der Waals surface area contributed by atoms with Gasteiger partial charge in [-0.2, -0.15) is 0 Å². The number of carbonyl (C=O) groups is 2. The third kappa shape index (κ3) is 4.00. The molecule has 1 N–H and O–H groups in total. The molecule has 7 heteroatoms. The highest BCUT2D eigenvalue weighted by Crippen LogP contribution is 2.14. The largest absolute Gasteiger partial charge is 0.449 e. The van der Waals surface area contributed by atoms with E-state index in [1.54, 1.807) is 30.6 Å². The molecule has 0 bridgehead atoms. The number of rotatable bonds is 4. The van der Waals surface area contributed by atoms with E-state index in [1.165, 1.54) is 19.2 Å². The van der Waals surface area contributed by atoms with Crippen molar-refractivity contribution in [2.75, 3.05) is 5.32 Å². The first kappa shape index (κ1) is 14.9. The molecule has 1 amide bonds. The minimum Gasteiger partial charge on any atom is -0.449 e. The summed E-state index contributed by atoms with van der Waals surface area (Å²) in [5.41, 5.74) is 0.681. The van der Waals surface area contributed by atoms with Gasteiger partial charge in [0.2, 0.25) is 0 Å². The van der Waals surface area contributed by atoms with Crippen molar-refractivity contribution < 1.29 is 14.3 Å². The molecule has 1 unspecified atom stereocenters. The van der Waals surface area contributed by atoms with Gasteiger partial charge in [-0.05, 0) is 31.2 Å². The van der Waals surface area contributed by atoms with Crippen molar-refractivity contribution in [1.29, 1.82) is 0 Å². The molecule has 0 fully saturated rings. The number of nitrogens with one attached hydrogen (secondary N) is 1. The van der Waals surface area contributed by atoms with Crippen LogP contribution in [0.3, 0.4) is 0 Å². The number of pyridine rings is 2. The summed E-state index contributed by atoms with van der Waals surface area (Å²) in [4.78, 5) is 31.4. The lowest BCUT2D eigenvalue weighted by molar-refractivity contribution is -0.123. The molecule has 0 spiro atoms. The van der Waals surface area contributed by atoms with Crippen LogP contribution in [0.25, 0.3) is 0 Å². The SMILES string of the molecule is CC(OC(=O)c1cccnc1Cl)C(=O)Nc1ccncc1. The van der Waals surface area contributed by atoms with Gasteiger partial charge in [0.15, 0.2) is 6.10 Å². The molecule has 0 saturated carbocycles. The number of hydrogen-bond acceptors (Lipinski definition) is 5. The quantitative estimate of drug-likeness (QED) is 0.692. The van der Waals surface area contributed by atoms with Gasteiger partial charge < -0.3 is 10.1 Å². The van der Waals surface area contributed by atoms with Crippen LogP contribution in [-0.2, 0) is 9.53 Å². The number of carbonyl (C=O) groups excluding carboxylic acids is 2. The summed E-state index contributed by atoms with van der Waals surface area (Å²) in [6, 6.07) is 6.30. The van der Waals surface area contributed by atoms with Crippen LogP contribution in [0.1, 0.15) is 17.3 Å². The average molecular weight is 306 g/mol. The van der Waals surface area contributed by atoms with Crippen LogP contribution in [0.4, 0.5) is 5.69 Å². The Morgan fingerprint density at radius 2 is 1.95 bits per heavy atom. The Morgan fingerprint density at radius 3 is 2.62 bits per heavy atom. The Kier molecular flexibility index (Phi) is 4.84. The van der Waals surface area contributed by atoms with E-state index in [0.717, 1.165) is 0 Å². The molecule has 1 atom stereocenters. The monoisotopic (exact) mass is 305 g/mol. The van der Waals surface area contributed by atoms with E-state index < -0.39 is 18.0 Å². The van der Waals surface area contributed by atoms with Crippen molar-refractivity contribution in [3.05, 3.63) is 53.6 Å². The summed E-state index contributed by atoms with van der Waals surface area (Å²) in [7, 11) is 0. The molecular weight excluding hydrogens is 294 g/mol. The van der Waals surface area contributed by atoms with E-state index in [-0.39, 0.29) is 10.7 Å². The molecular formula is C14H12ClN3O3. The molecule has 2 heterocycles. The lowest BCUT2D eigenvalue weighted by Gasteiger charge is -2.13. The average Bonchev–Trinajstić information content (AvgIpc) is 2.48. The summed E-state index contributed by atoms with van der Waals surface area (Å²) in [6.45, 7) is 1.47. The third-order valence-corrected chi connectivity index (χ3v) is 2.88. The molecule has 0 aromatic carbocycles. The number of anilines is 1. The second-order valence-corrected chi connectivity index (χ2v) is 4.47. The fraction of sp³-hybridized carbons (Fsp3) is 0.143. The second kappa shape index (κ2) is 6.81. The van der Waals surface area contributed by atoms with Crippen molar-refractivity contribution in [3.63, 3.8) is 0 Å². The van der Waals surface area contributed by atoms with Gasteiger partial charge in [-0.25, -0.2) is 9.78 Å². The zero-order valence-electron chi connectivity index (χ0n) is 11.1. The number of ether oxygens (including phenoxy) is 1. The summed E-state index contributed by atoms with van der Waals surface area (Å²) in [5, 5.41) is 2.64. The van der Waals surface area contributed by atoms with Crippen LogP contribution in [0.5, 0.6) is 0 Å². The topological polar surface area (TPSA) is 81.2 Å². The summed E-state index contributed by atoms with van der Waals surface area (Å²) in [5.74, 6) is -1.15. The first-order valence-corrected chi connectivity index (χ1v) is 6.48. The van der Waals surface area contributed by atoms with Crippen molar-refractivity contribution in [1.82, 2.24) is 9.97 Å². The summed E-state index contributed by atoms with van der Waals surface area (Å²) in [6.07, 6.45) is 3.57. The van der Waals surface area contributed by atoms with Gasteiger partial charge in [-0.3, -0.25) is 9.78 Å². The minimum absolute atomic E-state index is 0.0317. The van der Waals surface area contributed by atoms with E-state index in [2.05, 4.69) is 15.3 Å². The van der Waals surface area contributed by atoms with Gasteiger partial charge in [0.05, 0.1) is 5.56 Å². The van der Waals surface area contributed by atoms with Crippen LogP contribution in [0.2, 0.25) is 5.15 Å². The van der Waals surface area contributed by atoms with Gasteiger partial charge in [-0.15, -0.1) is 0 Å². The molecule has 0 aliphatic heterocycles. The van der Waals surface area contributed by atoms with E-state index in [0.29, 0.717) is 5.69 Å². The van der Waals surface area contributed by atoms with Crippen molar-refractivity contribution in [2.24, 2.45) is 0 Å². The smallest absolute Gasteiger partial charge is 0.342 e. The van der Waals surface area contributed by atoms with Gasteiger partial charge in [-0.1, -0.05) is 11.6 Å². The third-order valence-electron chi connectivity index (χ3n) is 2.58. The molecule has 2 rings (SSSR count). The van der Waals surface area contributed by atoms with Gasteiger partial charge in [0.25, 0.3) is 5.91 Å². The molecule has 108 valence electrons. The first-order valence-electron chi connectivity index (χ1n) is 6.10. The Labute approximate surface area is 126 Å². The Balaban J connectivity index is 1.98. The normalized spacial score (nSPS) is 11.5.